The van der Waals surface area contributed by atoms with Crippen LogP contribution >= 0.6 is 0 Å². The van der Waals surface area contributed by atoms with Gasteiger partial charge in [-0.05, 0) is 36.3 Å². The minimum atomic E-state index is 0.0821. The standard InChI is InChI=1S/C16H23NO/c1-12(2)11-17(3)16(18)15-10-6-8-13-7-4-5-9-14(13)15/h4-5,7,9,12,15H,6,8,10-11H2,1-3H3. The molecule has 2 heteroatoms. The van der Waals surface area contributed by atoms with E-state index in [-0.39, 0.29) is 11.8 Å². The number of carbonyl (C=O) groups is 1. The first-order valence-corrected chi connectivity index (χ1v) is 6.92. The minimum absolute atomic E-state index is 0.0821. The summed E-state index contributed by atoms with van der Waals surface area (Å²) in [5.41, 5.74) is 2.62. The van der Waals surface area contributed by atoms with E-state index >= 15 is 0 Å². The third-order valence-corrected chi connectivity index (χ3v) is 3.68. The topological polar surface area (TPSA) is 20.3 Å². The lowest BCUT2D eigenvalue weighted by atomic mass is 9.82. The Hall–Kier alpha value is -1.31. The summed E-state index contributed by atoms with van der Waals surface area (Å²) < 4.78 is 0. The summed E-state index contributed by atoms with van der Waals surface area (Å²) in [6.45, 7) is 5.15. The number of hydrogen-bond acceptors (Lipinski definition) is 1. The Morgan fingerprint density at radius 1 is 1.39 bits per heavy atom. The lowest BCUT2D eigenvalue weighted by Crippen LogP contribution is -2.35. The largest absolute Gasteiger partial charge is 0.345 e. The number of carbonyl (C=O) groups excluding carboxylic acids is 1. The van der Waals surface area contributed by atoms with Gasteiger partial charge >= 0.3 is 0 Å². The predicted molar refractivity (Wildman–Crippen MR) is 74.6 cm³/mol. The first-order valence-electron chi connectivity index (χ1n) is 6.92. The van der Waals surface area contributed by atoms with Crippen molar-refractivity contribution in [3.8, 4) is 0 Å². The quantitative estimate of drug-likeness (QED) is 0.800. The molecule has 0 aliphatic heterocycles. The number of benzene rings is 1. The van der Waals surface area contributed by atoms with E-state index in [1.54, 1.807) is 0 Å². The van der Waals surface area contributed by atoms with Crippen LogP contribution in [-0.2, 0) is 11.2 Å². The highest BCUT2D eigenvalue weighted by molar-refractivity contribution is 5.84. The molecule has 1 aliphatic rings. The van der Waals surface area contributed by atoms with Crippen molar-refractivity contribution < 1.29 is 4.79 Å². The fourth-order valence-corrected chi connectivity index (χ4v) is 2.91. The van der Waals surface area contributed by atoms with Crippen molar-refractivity contribution in [1.82, 2.24) is 4.90 Å². The van der Waals surface area contributed by atoms with Gasteiger partial charge in [-0.1, -0.05) is 38.1 Å². The van der Waals surface area contributed by atoms with Gasteiger partial charge in [0.2, 0.25) is 5.91 Å². The van der Waals surface area contributed by atoms with Crippen LogP contribution in [0.2, 0.25) is 0 Å². The molecule has 0 bridgehead atoms. The molecule has 0 aromatic heterocycles. The first-order chi connectivity index (χ1) is 8.59. The van der Waals surface area contributed by atoms with Crippen molar-refractivity contribution in [3.05, 3.63) is 35.4 Å². The molecule has 0 radical (unpaired) electrons. The van der Waals surface area contributed by atoms with Gasteiger partial charge in [-0.25, -0.2) is 0 Å². The number of amides is 1. The average Bonchev–Trinajstić information content (AvgIpc) is 2.36. The first kappa shape index (κ1) is 13.1. The smallest absolute Gasteiger partial charge is 0.229 e. The molecule has 2 nitrogen and oxygen atoms in total. The summed E-state index contributed by atoms with van der Waals surface area (Å²) in [5.74, 6) is 0.896. The van der Waals surface area contributed by atoms with Crippen LogP contribution < -0.4 is 0 Å². The molecule has 1 aromatic rings. The summed E-state index contributed by atoms with van der Waals surface area (Å²) >= 11 is 0. The summed E-state index contributed by atoms with van der Waals surface area (Å²) in [4.78, 5) is 14.4. The third-order valence-electron chi connectivity index (χ3n) is 3.68. The van der Waals surface area contributed by atoms with Gasteiger partial charge in [0.25, 0.3) is 0 Å². The number of hydrogen-bond donors (Lipinski definition) is 0. The molecule has 0 spiro atoms. The van der Waals surface area contributed by atoms with E-state index in [2.05, 4.69) is 32.0 Å². The van der Waals surface area contributed by atoms with Gasteiger partial charge in [0.1, 0.15) is 0 Å². The van der Waals surface area contributed by atoms with Gasteiger partial charge in [-0.3, -0.25) is 4.79 Å². The van der Waals surface area contributed by atoms with Crippen LogP contribution in [0.25, 0.3) is 0 Å². The number of nitrogens with zero attached hydrogens (tertiary/aromatic N) is 1. The van der Waals surface area contributed by atoms with Crippen molar-refractivity contribution in [3.63, 3.8) is 0 Å². The monoisotopic (exact) mass is 245 g/mol. The van der Waals surface area contributed by atoms with Crippen molar-refractivity contribution in [2.24, 2.45) is 5.92 Å². The zero-order valence-corrected chi connectivity index (χ0v) is 11.6. The van der Waals surface area contributed by atoms with Crippen molar-refractivity contribution in [1.29, 1.82) is 0 Å². The molecule has 18 heavy (non-hydrogen) atoms. The number of likely N-dealkylation sites (N-methyl/N-ethyl adjacent to an activating group) is 1. The highest BCUT2D eigenvalue weighted by Crippen LogP contribution is 2.32. The fourth-order valence-electron chi connectivity index (χ4n) is 2.91. The molecule has 0 heterocycles. The lowest BCUT2D eigenvalue weighted by molar-refractivity contribution is -0.132. The maximum atomic E-state index is 12.5. The van der Waals surface area contributed by atoms with E-state index < -0.39 is 0 Å². The maximum Gasteiger partial charge on any atom is 0.229 e. The fraction of sp³-hybridized carbons (Fsp3) is 0.562. The Morgan fingerprint density at radius 2 is 2.11 bits per heavy atom. The molecule has 1 amide bonds. The summed E-state index contributed by atoms with van der Waals surface area (Å²) in [6, 6.07) is 8.41. The number of fused-ring (bicyclic) bond motifs is 1. The summed E-state index contributed by atoms with van der Waals surface area (Å²) in [5, 5.41) is 0. The van der Waals surface area contributed by atoms with E-state index in [1.165, 1.54) is 11.1 Å². The molecule has 1 aromatic carbocycles. The van der Waals surface area contributed by atoms with Gasteiger partial charge in [-0.2, -0.15) is 0 Å². The second-order valence-corrected chi connectivity index (χ2v) is 5.76. The molecule has 1 atom stereocenters. The molecule has 2 rings (SSSR count). The van der Waals surface area contributed by atoms with E-state index in [4.69, 9.17) is 0 Å². The number of aryl methyl sites for hydroxylation is 1. The molecule has 1 aliphatic carbocycles. The molecule has 0 fully saturated rings. The second-order valence-electron chi connectivity index (χ2n) is 5.76. The molecule has 1 unspecified atom stereocenters. The van der Waals surface area contributed by atoms with Crippen LogP contribution in [0.5, 0.6) is 0 Å². The Kier molecular flexibility index (Phi) is 4.05. The van der Waals surface area contributed by atoms with Crippen molar-refractivity contribution >= 4 is 5.91 Å². The Labute approximate surface area is 110 Å². The lowest BCUT2D eigenvalue weighted by Gasteiger charge is -2.29. The molecular formula is C16H23NO. The number of rotatable bonds is 3. The molecule has 0 saturated carbocycles. The van der Waals surface area contributed by atoms with Crippen molar-refractivity contribution in [2.45, 2.75) is 39.0 Å². The van der Waals surface area contributed by atoms with E-state index in [0.717, 1.165) is 25.8 Å². The van der Waals surface area contributed by atoms with Gasteiger partial charge in [0.05, 0.1) is 5.92 Å². The van der Waals surface area contributed by atoms with Gasteiger partial charge < -0.3 is 4.90 Å². The minimum Gasteiger partial charge on any atom is -0.345 e. The molecule has 0 saturated heterocycles. The average molecular weight is 245 g/mol. The highest BCUT2D eigenvalue weighted by Gasteiger charge is 2.28. The van der Waals surface area contributed by atoms with E-state index in [9.17, 15) is 4.79 Å². The van der Waals surface area contributed by atoms with Crippen LogP contribution in [-0.4, -0.2) is 24.4 Å². The van der Waals surface area contributed by atoms with Gasteiger partial charge in [0.15, 0.2) is 0 Å². The zero-order valence-electron chi connectivity index (χ0n) is 11.6. The highest BCUT2D eigenvalue weighted by atomic mass is 16.2. The molecule has 98 valence electrons. The Bertz CT molecular complexity index is 425. The van der Waals surface area contributed by atoms with Crippen LogP contribution in [0.1, 0.15) is 43.7 Å². The maximum absolute atomic E-state index is 12.5. The van der Waals surface area contributed by atoms with Gasteiger partial charge in [-0.15, -0.1) is 0 Å². The van der Waals surface area contributed by atoms with Crippen LogP contribution in [0.15, 0.2) is 24.3 Å². The summed E-state index contributed by atoms with van der Waals surface area (Å²) in [6.07, 6.45) is 3.25. The molecular weight excluding hydrogens is 222 g/mol. The Balaban J connectivity index is 2.17. The van der Waals surface area contributed by atoms with Crippen molar-refractivity contribution in [2.75, 3.05) is 13.6 Å². The summed E-state index contributed by atoms with van der Waals surface area (Å²) in [7, 11) is 1.93. The van der Waals surface area contributed by atoms with Crippen LogP contribution in [0.4, 0.5) is 0 Å². The van der Waals surface area contributed by atoms with E-state index in [0.29, 0.717) is 5.92 Å². The molecule has 0 N–H and O–H groups in total. The second kappa shape index (κ2) is 5.55. The SMILES string of the molecule is CC(C)CN(C)C(=O)C1CCCc2ccccc21. The van der Waals surface area contributed by atoms with Crippen LogP contribution in [0.3, 0.4) is 0 Å². The van der Waals surface area contributed by atoms with Gasteiger partial charge in [0, 0.05) is 13.6 Å². The predicted octanol–water partition coefficient (Wildman–Crippen LogP) is 3.22. The van der Waals surface area contributed by atoms with E-state index in [1.807, 2.05) is 18.0 Å². The zero-order chi connectivity index (χ0) is 13.1. The van der Waals surface area contributed by atoms with Crippen LogP contribution in [0, 0.1) is 5.92 Å². The normalized spacial score (nSPS) is 18.6. The third kappa shape index (κ3) is 2.74. The Morgan fingerprint density at radius 3 is 2.83 bits per heavy atom.